The van der Waals surface area contributed by atoms with Crippen molar-refractivity contribution in [3.05, 3.63) is 12.4 Å². The molecule has 1 aromatic rings. The lowest BCUT2D eigenvalue weighted by molar-refractivity contribution is -0.134. The first-order valence-corrected chi connectivity index (χ1v) is 15.2. The van der Waals surface area contributed by atoms with Gasteiger partial charge < -0.3 is 24.3 Å². The summed E-state index contributed by atoms with van der Waals surface area (Å²) in [6.45, 7) is 15.8. The smallest absolute Gasteiger partial charge is 0.444 e. The van der Waals surface area contributed by atoms with E-state index in [1.165, 1.54) is 12.4 Å². The van der Waals surface area contributed by atoms with Gasteiger partial charge in [0.05, 0.1) is 17.0 Å². The maximum absolute atomic E-state index is 12.9. The molecule has 1 aromatic heterocycles. The van der Waals surface area contributed by atoms with Crippen molar-refractivity contribution in [3.8, 4) is 0 Å². The highest BCUT2D eigenvalue weighted by Crippen LogP contribution is 2.36. The average Bonchev–Trinajstić information content (AvgIpc) is 3.04. The molecular weight excluding hydrogens is 523 g/mol. The van der Waals surface area contributed by atoms with Crippen LogP contribution in [0.1, 0.15) is 81.1 Å². The van der Waals surface area contributed by atoms with Crippen LogP contribution < -0.4 is 10.8 Å². The molecule has 0 spiro atoms. The number of hydrogen-bond donors (Lipinski definition) is 1. The number of hydrogen-bond acceptors (Lipinski definition) is 9. The fraction of sp³-hybridized carbons (Fsp3) is 0.769. The molecule has 3 rings (SSSR count). The third kappa shape index (κ3) is 8.14. The predicted molar refractivity (Wildman–Crippen MR) is 147 cm³/mol. The molecule has 0 aliphatic carbocycles. The van der Waals surface area contributed by atoms with Crippen molar-refractivity contribution < 1.29 is 32.1 Å². The second-order valence-electron chi connectivity index (χ2n) is 12.5. The quantitative estimate of drug-likeness (QED) is 0.372. The van der Waals surface area contributed by atoms with E-state index in [1.807, 2.05) is 27.7 Å². The molecule has 2 unspecified atom stereocenters. The summed E-state index contributed by atoms with van der Waals surface area (Å²) in [5, 5.41) is 2.38. The van der Waals surface area contributed by atoms with Gasteiger partial charge in [0, 0.05) is 30.9 Å². The van der Waals surface area contributed by atoms with Gasteiger partial charge in [0.15, 0.2) is 0 Å². The number of nitrogens with zero attached hydrogens (tertiary/aromatic N) is 3. The van der Waals surface area contributed by atoms with Crippen molar-refractivity contribution in [2.24, 2.45) is 5.92 Å². The van der Waals surface area contributed by atoms with Crippen LogP contribution in [0.3, 0.4) is 0 Å². The van der Waals surface area contributed by atoms with E-state index in [0.717, 1.165) is 12.8 Å². The van der Waals surface area contributed by atoms with E-state index < -0.39 is 45.9 Å². The van der Waals surface area contributed by atoms with Gasteiger partial charge in [-0.05, 0) is 87.0 Å². The van der Waals surface area contributed by atoms with Gasteiger partial charge >= 0.3 is 13.2 Å². The summed E-state index contributed by atoms with van der Waals surface area (Å²) in [5.74, 6) is -0.0730. The Balaban J connectivity index is 1.49. The van der Waals surface area contributed by atoms with Gasteiger partial charge in [-0.25, -0.2) is 23.2 Å². The van der Waals surface area contributed by atoms with Gasteiger partial charge in [-0.1, -0.05) is 0 Å². The van der Waals surface area contributed by atoms with E-state index in [9.17, 15) is 18.0 Å². The number of aromatic nitrogens is 2. The van der Waals surface area contributed by atoms with Crippen LogP contribution in [0.4, 0.5) is 4.79 Å². The molecule has 2 atom stereocenters. The Kier molecular flexibility index (Phi) is 9.39. The highest BCUT2D eigenvalue weighted by molar-refractivity contribution is 7.91. The highest BCUT2D eigenvalue weighted by Gasteiger charge is 2.52. The van der Waals surface area contributed by atoms with Crippen LogP contribution in [0.5, 0.6) is 0 Å². The third-order valence-electron chi connectivity index (χ3n) is 7.41. The minimum atomic E-state index is -3.66. The lowest BCUT2D eigenvalue weighted by Gasteiger charge is -2.34. The van der Waals surface area contributed by atoms with E-state index in [-0.39, 0.29) is 22.7 Å². The number of likely N-dealkylation sites (tertiary alicyclic amines) is 1. The Morgan fingerprint density at radius 2 is 1.77 bits per heavy atom. The minimum absolute atomic E-state index is 0.0795. The SMILES string of the molecule is CC(NC(=O)OC(C)(C)C)C(=O)N1CCCC(CCCS(=O)(=O)c2ncc(B3OC(C)(C)C(C)(C)O3)cn2)C1. The summed E-state index contributed by atoms with van der Waals surface area (Å²) in [6, 6.07) is -0.712. The Hall–Kier alpha value is -2.25. The fourth-order valence-corrected chi connectivity index (χ4v) is 5.72. The van der Waals surface area contributed by atoms with Gasteiger partial charge in [-0.2, -0.15) is 0 Å². The summed E-state index contributed by atoms with van der Waals surface area (Å²) >= 11 is 0. The van der Waals surface area contributed by atoms with Crippen LogP contribution in [0.15, 0.2) is 17.6 Å². The monoisotopic (exact) mass is 566 g/mol. The van der Waals surface area contributed by atoms with E-state index in [4.69, 9.17) is 14.0 Å². The molecule has 2 amide bonds. The fourth-order valence-electron chi connectivity index (χ4n) is 4.56. The molecule has 1 N–H and O–H groups in total. The van der Waals surface area contributed by atoms with E-state index in [2.05, 4.69) is 15.3 Å². The molecule has 2 fully saturated rings. The molecule has 13 heteroatoms. The Morgan fingerprint density at radius 3 is 2.33 bits per heavy atom. The van der Waals surface area contributed by atoms with Crippen LogP contribution in [0.25, 0.3) is 0 Å². The van der Waals surface area contributed by atoms with Crippen LogP contribution in [-0.2, 0) is 28.7 Å². The van der Waals surface area contributed by atoms with Crippen molar-refractivity contribution in [3.63, 3.8) is 0 Å². The molecule has 0 bridgehead atoms. The molecule has 2 saturated heterocycles. The average molecular weight is 567 g/mol. The highest BCUT2D eigenvalue weighted by atomic mass is 32.2. The first-order valence-electron chi connectivity index (χ1n) is 13.6. The normalized spacial score (nSPS) is 21.9. The van der Waals surface area contributed by atoms with Crippen molar-refractivity contribution in [1.82, 2.24) is 20.2 Å². The van der Waals surface area contributed by atoms with Gasteiger partial charge in [0.2, 0.25) is 20.9 Å². The second-order valence-corrected chi connectivity index (χ2v) is 14.5. The number of amides is 2. The van der Waals surface area contributed by atoms with Gasteiger partial charge in [-0.3, -0.25) is 4.79 Å². The van der Waals surface area contributed by atoms with Crippen molar-refractivity contribution >= 4 is 34.4 Å². The third-order valence-corrected chi connectivity index (χ3v) is 9.00. The van der Waals surface area contributed by atoms with Crippen molar-refractivity contribution in [2.45, 2.75) is 109 Å². The number of alkyl carbamates (subject to hydrolysis) is 1. The summed E-state index contributed by atoms with van der Waals surface area (Å²) < 4.78 is 42.9. The first-order chi connectivity index (χ1) is 17.9. The Labute approximate surface area is 232 Å². The number of nitrogens with one attached hydrogen (secondary N) is 1. The molecule has 0 saturated carbocycles. The van der Waals surface area contributed by atoms with Crippen LogP contribution in [0.2, 0.25) is 0 Å². The standard InChI is InChI=1S/C26H43BN4O7S/c1-18(30-23(33)36-24(2,3)4)21(32)31-13-9-11-19(17-31)12-10-14-39(34,35)22-28-15-20(16-29-22)27-37-25(5,6)26(7,8)38-27/h15-16,18-19H,9-14,17H2,1-8H3,(H,30,33). The summed E-state index contributed by atoms with van der Waals surface area (Å²) in [4.78, 5) is 34.8. The minimum Gasteiger partial charge on any atom is -0.444 e. The largest absolute Gasteiger partial charge is 0.498 e. The lowest BCUT2D eigenvalue weighted by Crippen LogP contribution is -2.50. The Bertz CT molecular complexity index is 1120. The summed E-state index contributed by atoms with van der Waals surface area (Å²) in [6.07, 6.45) is 5.08. The topological polar surface area (TPSA) is 137 Å². The lowest BCUT2D eigenvalue weighted by atomic mass is 9.81. The second kappa shape index (κ2) is 11.7. The zero-order valence-corrected chi connectivity index (χ0v) is 25.3. The number of carbonyl (C=O) groups is 2. The molecule has 3 heterocycles. The number of ether oxygens (including phenoxy) is 1. The molecule has 2 aliphatic heterocycles. The summed E-state index contributed by atoms with van der Waals surface area (Å²) in [5.41, 5.74) is -1.12. The zero-order chi connectivity index (χ0) is 29.2. The number of sulfone groups is 1. The molecule has 0 radical (unpaired) electrons. The van der Waals surface area contributed by atoms with E-state index in [1.54, 1.807) is 32.6 Å². The Morgan fingerprint density at radius 1 is 1.18 bits per heavy atom. The molecule has 0 aromatic carbocycles. The summed E-state index contributed by atoms with van der Waals surface area (Å²) in [7, 11) is -4.33. The molecule has 218 valence electrons. The van der Waals surface area contributed by atoms with E-state index >= 15 is 0 Å². The van der Waals surface area contributed by atoms with Gasteiger partial charge in [0.1, 0.15) is 11.6 Å². The van der Waals surface area contributed by atoms with Crippen molar-refractivity contribution in [2.75, 3.05) is 18.8 Å². The molecule has 11 nitrogen and oxygen atoms in total. The molecule has 39 heavy (non-hydrogen) atoms. The van der Waals surface area contributed by atoms with Crippen LogP contribution >= 0.6 is 0 Å². The molecular formula is C26H43BN4O7S. The number of rotatable bonds is 8. The first kappa shape index (κ1) is 31.3. The van der Waals surface area contributed by atoms with Crippen LogP contribution in [-0.4, -0.2) is 84.1 Å². The van der Waals surface area contributed by atoms with Crippen LogP contribution in [0, 0.1) is 5.92 Å². The molecule has 2 aliphatic rings. The van der Waals surface area contributed by atoms with Gasteiger partial charge in [-0.15, -0.1) is 0 Å². The number of piperidine rings is 1. The maximum atomic E-state index is 12.9. The number of carbonyl (C=O) groups excluding carboxylic acids is 2. The van der Waals surface area contributed by atoms with Gasteiger partial charge in [0.25, 0.3) is 0 Å². The zero-order valence-electron chi connectivity index (χ0n) is 24.4. The van der Waals surface area contributed by atoms with Crippen molar-refractivity contribution in [1.29, 1.82) is 0 Å². The van der Waals surface area contributed by atoms with E-state index in [0.29, 0.717) is 31.4 Å². The maximum Gasteiger partial charge on any atom is 0.498 e. The predicted octanol–water partition coefficient (Wildman–Crippen LogP) is 2.48.